The summed E-state index contributed by atoms with van der Waals surface area (Å²) in [7, 11) is 0. The van der Waals surface area contributed by atoms with Crippen LogP contribution in [-0.2, 0) is 0 Å². The van der Waals surface area contributed by atoms with Gasteiger partial charge in [-0.3, -0.25) is 10.7 Å². The number of anilines is 1. The Bertz CT molecular complexity index is 702. The van der Waals surface area contributed by atoms with Crippen LogP contribution in [0.5, 0.6) is 5.75 Å². The summed E-state index contributed by atoms with van der Waals surface area (Å²) in [5, 5.41) is 9.06. The van der Waals surface area contributed by atoms with E-state index in [-0.39, 0.29) is 22.9 Å². The second kappa shape index (κ2) is 6.53. The minimum atomic E-state index is -1.13. The molecule has 0 atom stereocenters. The summed E-state index contributed by atoms with van der Waals surface area (Å²) < 4.78 is 31.2. The maximum absolute atomic E-state index is 13.2. The van der Waals surface area contributed by atoms with Crippen LogP contribution in [0.1, 0.15) is 35.7 Å². The average molecular weight is 307 g/mol. The van der Waals surface area contributed by atoms with Crippen molar-refractivity contribution in [3.05, 3.63) is 59.2 Å². The molecule has 0 aliphatic carbocycles. The van der Waals surface area contributed by atoms with E-state index in [2.05, 4.69) is 0 Å². The first-order chi connectivity index (χ1) is 10.4. The van der Waals surface area contributed by atoms with Gasteiger partial charge in [0.1, 0.15) is 5.69 Å². The summed E-state index contributed by atoms with van der Waals surface area (Å²) in [6.45, 7) is 3.92. The summed E-state index contributed by atoms with van der Waals surface area (Å²) in [5.74, 6) is -2.74. The first-order valence-electron chi connectivity index (χ1n) is 6.63. The third-order valence-electron chi connectivity index (χ3n) is 3.15. The highest BCUT2D eigenvalue weighted by Gasteiger charge is 2.15. The fraction of sp³-hybridized carbons (Fsp3) is 0.188. The number of hydrogen-bond donors (Lipinski definition) is 2. The van der Waals surface area contributed by atoms with Gasteiger partial charge in [0.2, 0.25) is 0 Å². The lowest BCUT2D eigenvalue weighted by Gasteiger charge is -2.13. The van der Waals surface area contributed by atoms with E-state index in [0.29, 0.717) is 0 Å². The van der Waals surface area contributed by atoms with Crippen LogP contribution in [0.2, 0.25) is 0 Å². The molecule has 2 rings (SSSR count). The Hall–Kier alpha value is -2.47. The summed E-state index contributed by atoms with van der Waals surface area (Å²) in [4.78, 5) is 12.0. The number of ether oxygens (including phenoxy) is 1. The molecule has 0 spiro atoms. The van der Waals surface area contributed by atoms with Gasteiger partial charge in [0.25, 0.3) is 0 Å². The number of hydrogen-bond acceptors (Lipinski definition) is 4. The fourth-order valence-corrected chi connectivity index (χ4v) is 1.86. The monoisotopic (exact) mass is 307 g/mol. The Balaban J connectivity index is 2.30. The van der Waals surface area contributed by atoms with E-state index in [4.69, 9.17) is 9.94 Å². The number of halogens is 2. The summed E-state index contributed by atoms with van der Waals surface area (Å²) >= 11 is 0. The predicted molar refractivity (Wildman–Crippen MR) is 77.3 cm³/mol. The van der Waals surface area contributed by atoms with Crippen molar-refractivity contribution in [1.82, 2.24) is 0 Å². The fourth-order valence-electron chi connectivity index (χ4n) is 1.86. The van der Waals surface area contributed by atoms with Crippen molar-refractivity contribution in [2.75, 3.05) is 5.48 Å². The molecule has 0 bridgehead atoms. The van der Waals surface area contributed by atoms with Gasteiger partial charge in [-0.15, -0.1) is 0 Å². The molecule has 0 unspecified atom stereocenters. The number of benzene rings is 2. The first-order valence-corrected chi connectivity index (χ1v) is 6.63. The lowest BCUT2D eigenvalue weighted by molar-refractivity contribution is 0.0734. The van der Waals surface area contributed by atoms with Crippen molar-refractivity contribution < 1.29 is 23.5 Å². The highest BCUT2D eigenvalue weighted by Crippen LogP contribution is 2.29. The van der Waals surface area contributed by atoms with Crippen molar-refractivity contribution in [3.63, 3.8) is 0 Å². The maximum atomic E-state index is 13.2. The molecule has 0 aromatic heterocycles. The molecule has 0 aliphatic rings. The second-order valence-electron chi connectivity index (χ2n) is 5.04. The molecule has 0 heterocycles. The standard InChI is InChI=1S/C16H15F2NO3/c1-9(2)10-4-6-14(19-21)15(8-10)22-16(20)11-3-5-12(17)13(18)7-11/h3-9,19,21H,1-2H3. The smallest absolute Gasteiger partial charge is 0.343 e. The lowest BCUT2D eigenvalue weighted by atomic mass is 10.0. The van der Waals surface area contributed by atoms with Gasteiger partial charge in [0, 0.05) is 0 Å². The van der Waals surface area contributed by atoms with Gasteiger partial charge in [-0.25, -0.2) is 13.6 Å². The van der Waals surface area contributed by atoms with Crippen molar-refractivity contribution in [2.45, 2.75) is 19.8 Å². The SMILES string of the molecule is CC(C)c1ccc(NO)c(OC(=O)c2ccc(F)c(F)c2)c1. The Morgan fingerprint density at radius 3 is 2.45 bits per heavy atom. The van der Waals surface area contributed by atoms with Crippen molar-refractivity contribution in [2.24, 2.45) is 0 Å². The lowest BCUT2D eigenvalue weighted by Crippen LogP contribution is -2.11. The third kappa shape index (κ3) is 3.40. The van der Waals surface area contributed by atoms with Gasteiger partial charge in [-0.1, -0.05) is 19.9 Å². The molecule has 0 amide bonds. The zero-order valence-electron chi connectivity index (χ0n) is 12.1. The van der Waals surface area contributed by atoms with Crippen LogP contribution in [0.4, 0.5) is 14.5 Å². The number of nitrogens with one attached hydrogen (secondary N) is 1. The maximum Gasteiger partial charge on any atom is 0.343 e. The molecule has 0 saturated heterocycles. The van der Waals surface area contributed by atoms with E-state index in [1.54, 1.807) is 18.2 Å². The number of esters is 1. The van der Waals surface area contributed by atoms with Gasteiger partial charge >= 0.3 is 5.97 Å². The quantitative estimate of drug-likeness (QED) is 0.507. The van der Waals surface area contributed by atoms with Gasteiger partial charge in [0.15, 0.2) is 17.4 Å². The van der Waals surface area contributed by atoms with Crippen LogP contribution < -0.4 is 10.2 Å². The zero-order valence-corrected chi connectivity index (χ0v) is 12.1. The van der Waals surface area contributed by atoms with Crippen LogP contribution in [0.3, 0.4) is 0 Å². The van der Waals surface area contributed by atoms with Crippen LogP contribution in [0, 0.1) is 11.6 Å². The number of carbonyl (C=O) groups is 1. The van der Waals surface area contributed by atoms with E-state index in [9.17, 15) is 13.6 Å². The van der Waals surface area contributed by atoms with E-state index >= 15 is 0 Å². The number of rotatable bonds is 4. The normalized spacial score (nSPS) is 10.6. The van der Waals surface area contributed by atoms with Crippen LogP contribution >= 0.6 is 0 Å². The van der Waals surface area contributed by atoms with E-state index < -0.39 is 17.6 Å². The number of carbonyl (C=O) groups excluding carboxylic acids is 1. The van der Waals surface area contributed by atoms with Gasteiger partial charge in [-0.05, 0) is 41.8 Å². The van der Waals surface area contributed by atoms with Crippen LogP contribution in [0.25, 0.3) is 0 Å². The van der Waals surface area contributed by atoms with Gasteiger partial charge in [0.05, 0.1) is 5.56 Å². The molecular weight excluding hydrogens is 292 g/mol. The zero-order chi connectivity index (χ0) is 16.3. The molecule has 2 N–H and O–H groups in total. The van der Waals surface area contributed by atoms with Crippen molar-refractivity contribution in [3.8, 4) is 5.75 Å². The van der Waals surface area contributed by atoms with E-state index in [0.717, 1.165) is 23.8 Å². The molecule has 0 fully saturated rings. The first kappa shape index (κ1) is 15.9. The minimum absolute atomic E-state index is 0.100. The van der Waals surface area contributed by atoms with Gasteiger partial charge in [-0.2, -0.15) is 0 Å². The van der Waals surface area contributed by atoms with Crippen LogP contribution in [-0.4, -0.2) is 11.2 Å². The van der Waals surface area contributed by atoms with Gasteiger partial charge < -0.3 is 4.74 Å². The van der Waals surface area contributed by atoms with E-state index in [1.807, 2.05) is 19.3 Å². The highest BCUT2D eigenvalue weighted by molar-refractivity contribution is 5.91. The molecule has 116 valence electrons. The Morgan fingerprint density at radius 2 is 1.86 bits per heavy atom. The average Bonchev–Trinajstić information content (AvgIpc) is 2.49. The summed E-state index contributed by atoms with van der Waals surface area (Å²) in [5.41, 5.74) is 2.89. The third-order valence-corrected chi connectivity index (χ3v) is 3.15. The molecular formula is C16H15F2NO3. The Kier molecular flexibility index (Phi) is 4.72. The minimum Gasteiger partial charge on any atom is -0.421 e. The van der Waals surface area contributed by atoms with Crippen molar-refractivity contribution in [1.29, 1.82) is 0 Å². The molecule has 0 radical (unpaired) electrons. The predicted octanol–water partition coefficient (Wildman–Crippen LogP) is 4.11. The molecule has 4 nitrogen and oxygen atoms in total. The Labute approximate surface area is 126 Å². The van der Waals surface area contributed by atoms with Crippen molar-refractivity contribution >= 4 is 11.7 Å². The summed E-state index contributed by atoms with van der Waals surface area (Å²) in [6, 6.07) is 7.67. The Morgan fingerprint density at radius 1 is 1.14 bits per heavy atom. The summed E-state index contributed by atoms with van der Waals surface area (Å²) in [6.07, 6.45) is 0. The van der Waals surface area contributed by atoms with E-state index in [1.165, 1.54) is 0 Å². The largest absolute Gasteiger partial charge is 0.421 e. The molecule has 6 heteroatoms. The van der Waals surface area contributed by atoms with Crippen LogP contribution in [0.15, 0.2) is 36.4 Å². The molecule has 0 saturated carbocycles. The molecule has 0 aliphatic heterocycles. The molecule has 22 heavy (non-hydrogen) atoms. The highest BCUT2D eigenvalue weighted by atomic mass is 19.2. The topological polar surface area (TPSA) is 58.6 Å². The molecule has 2 aromatic rings. The molecule has 2 aromatic carbocycles. The second-order valence-corrected chi connectivity index (χ2v) is 5.04.